The summed E-state index contributed by atoms with van der Waals surface area (Å²) < 4.78 is 21.4. The molecule has 0 aliphatic heterocycles. The van der Waals surface area contributed by atoms with Crippen molar-refractivity contribution >= 4 is 17.7 Å². The number of amides is 1. The van der Waals surface area contributed by atoms with Gasteiger partial charge in [0.25, 0.3) is 0 Å². The molecular weight excluding hydrogens is 439 g/mol. The van der Waals surface area contributed by atoms with Crippen molar-refractivity contribution < 1.29 is 13.9 Å². The van der Waals surface area contributed by atoms with E-state index in [1.807, 2.05) is 72.2 Å². The second-order valence-electron chi connectivity index (χ2n) is 7.25. The molecule has 1 aromatic heterocycles. The largest absolute Gasteiger partial charge is 0.483 e. The zero-order valence-corrected chi connectivity index (χ0v) is 18.8. The summed E-state index contributed by atoms with van der Waals surface area (Å²) in [5, 5.41) is 11.7. The topological polar surface area (TPSA) is 69.0 Å². The smallest absolute Gasteiger partial charge is 0.233 e. The van der Waals surface area contributed by atoms with E-state index in [9.17, 15) is 9.18 Å². The van der Waals surface area contributed by atoms with Crippen LogP contribution in [0.2, 0.25) is 0 Å². The lowest BCUT2D eigenvalue weighted by Gasteiger charge is -2.14. The van der Waals surface area contributed by atoms with E-state index in [2.05, 4.69) is 15.5 Å². The van der Waals surface area contributed by atoms with Crippen molar-refractivity contribution in [2.75, 3.05) is 0 Å². The molecule has 4 aromatic rings. The van der Waals surface area contributed by atoms with Crippen LogP contribution in [-0.4, -0.2) is 25.9 Å². The molecular formula is C25H23FN4O2S. The number of nitrogens with one attached hydrogen (secondary N) is 1. The molecule has 1 unspecified atom stereocenters. The number of hydrogen-bond donors (Lipinski definition) is 1. The highest BCUT2D eigenvalue weighted by atomic mass is 32.2. The second kappa shape index (κ2) is 10.8. The van der Waals surface area contributed by atoms with E-state index < -0.39 is 11.1 Å². The van der Waals surface area contributed by atoms with Crippen LogP contribution >= 0.6 is 11.8 Å². The van der Waals surface area contributed by atoms with E-state index in [-0.39, 0.29) is 18.3 Å². The Morgan fingerprint density at radius 2 is 1.67 bits per heavy atom. The number of rotatable bonds is 9. The summed E-state index contributed by atoms with van der Waals surface area (Å²) in [6.45, 7) is 2.31. The molecule has 8 heteroatoms. The van der Waals surface area contributed by atoms with E-state index in [1.54, 1.807) is 18.2 Å². The van der Waals surface area contributed by atoms with E-state index in [0.717, 1.165) is 11.3 Å². The van der Waals surface area contributed by atoms with Gasteiger partial charge in [0.05, 0.1) is 5.25 Å². The van der Waals surface area contributed by atoms with Crippen molar-refractivity contribution in [1.82, 2.24) is 20.1 Å². The van der Waals surface area contributed by atoms with Crippen LogP contribution in [0.1, 0.15) is 18.3 Å². The zero-order valence-electron chi connectivity index (χ0n) is 18.0. The molecule has 168 valence electrons. The Morgan fingerprint density at radius 1 is 1.00 bits per heavy atom. The van der Waals surface area contributed by atoms with E-state index in [1.165, 1.54) is 17.8 Å². The van der Waals surface area contributed by atoms with Crippen LogP contribution in [0.25, 0.3) is 5.69 Å². The fourth-order valence-corrected chi connectivity index (χ4v) is 4.06. The molecule has 0 aliphatic carbocycles. The molecule has 0 radical (unpaired) electrons. The van der Waals surface area contributed by atoms with Gasteiger partial charge in [-0.1, -0.05) is 72.4 Å². The van der Waals surface area contributed by atoms with Gasteiger partial charge in [0.1, 0.15) is 6.61 Å². The van der Waals surface area contributed by atoms with Crippen molar-refractivity contribution in [3.05, 3.63) is 102 Å². The fraction of sp³-hybridized carbons (Fsp3) is 0.160. The highest BCUT2D eigenvalue weighted by Gasteiger charge is 2.21. The molecule has 0 saturated heterocycles. The van der Waals surface area contributed by atoms with Crippen molar-refractivity contribution in [3.8, 4) is 11.4 Å². The summed E-state index contributed by atoms with van der Waals surface area (Å²) in [6.07, 6.45) is 0. The Balaban J connectivity index is 1.50. The molecule has 33 heavy (non-hydrogen) atoms. The minimum atomic E-state index is -0.443. The van der Waals surface area contributed by atoms with Crippen LogP contribution in [0.15, 0.2) is 90.1 Å². The van der Waals surface area contributed by atoms with Crippen LogP contribution in [0.3, 0.4) is 0 Å². The molecule has 0 aliphatic rings. The number of thioether (sulfide) groups is 1. The first-order valence-corrected chi connectivity index (χ1v) is 11.3. The van der Waals surface area contributed by atoms with Gasteiger partial charge in [-0.25, -0.2) is 4.39 Å². The molecule has 1 heterocycles. The average molecular weight is 463 g/mol. The van der Waals surface area contributed by atoms with Gasteiger partial charge in [-0.3, -0.25) is 9.36 Å². The van der Waals surface area contributed by atoms with E-state index in [4.69, 9.17) is 4.74 Å². The van der Waals surface area contributed by atoms with E-state index >= 15 is 0 Å². The standard InChI is InChI=1S/C25H23FN4O2S/c1-18(24(31)27-16-19-10-4-2-5-11-19)33-25-29-28-23(30(25)20-12-6-3-7-13-20)17-32-22-15-9-8-14-21(22)26/h2-15,18H,16-17H2,1H3,(H,27,31). The SMILES string of the molecule is CC(Sc1nnc(COc2ccccc2F)n1-c1ccccc1)C(=O)NCc1ccccc1. The number of hydrogen-bond acceptors (Lipinski definition) is 5. The van der Waals surface area contributed by atoms with Gasteiger partial charge in [-0.15, -0.1) is 10.2 Å². The number of para-hydroxylation sites is 2. The summed E-state index contributed by atoms with van der Waals surface area (Å²) in [7, 11) is 0. The van der Waals surface area contributed by atoms with Gasteiger partial charge in [0.15, 0.2) is 22.5 Å². The third-order valence-electron chi connectivity index (χ3n) is 4.87. The maximum Gasteiger partial charge on any atom is 0.233 e. The van der Waals surface area contributed by atoms with Gasteiger partial charge in [-0.2, -0.15) is 0 Å². The van der Waals surface area contributed by atoms with E-state index in [0.29, 0.717) is 17.5 Å². The summed E-state index contributed by atoms with van der Waals surface area (Å²) in [5.74, 6) is 0.101. The first kappa shape index (κ1) is 22.5. The predicted molar refractivity (Wildman–Crippen MR) is 126 cm³/mol. The summed E-state index contributed by atoms with van der Waals surface area (Å²) in [4.78, 5) is 12.7. The zero-order chi connectivity index (χ0) is 23.0. The number of carbonyl (C=O) groups is 1. The highest BCUT2D eigenvalue weighted by molar-refractivity contribution is 8.00. The highest BCUT2D eigenvalue weighted by Crippen LogP contribution is 2.27. The fourth-order valence-electron chi connectivity index (χ4n) is 3.15. The number of halogens is 1. The average Bonchev–Trinajstić information content (AvgIpc) is 3.25. The quantitative estimate of drug-likeness (QED) is 0.363. The second-order valence-corrected chi connectivity index (χ2v) is 8.56. The predicted octanol–water partition coefficient (Wildman–Crippen LogP) is 4.78. The summed E-state index contributed by atoms with van der Waals surface area (Å²) >= 11 is 1.30. The molecule has 1 N–H and O–H groups in total. The maximum atomic E-state index is 14.0. The van der Waals surface area contributed by atoms with Crippen molar-refractivity contribution in [1.29, 1.82) is 0 Å². The first-order valence-electron chi connectivity index (χ1n) is 10.5. The first-order chi connectivity index (χ1) is 16.1. The monoisotopic (exact) mass is 462 g/mol. The van der Waals surface area contributed by atoms with Crippen LogP contribution in [0.5, 0.6) is 5.75 Å². The lowest BCUT2D eigenvalue weighted by atomic mass is 10.2. The lowest BCUT2D eigenvalue weighted by Crippen LogP contribution is -2.30. The maximum absolute atomic E-state index is 14.0. The molecule has 0 bridgehead atoms. The Hall–Kier alpha value is -3.65. The Kier molecular flexibility index (Phi) is 7.36. The van der Waals surface area contributed by atoms with Gasteiger partial charge in [0.2, 0.25) is 5.91 Å². The molecule has 0 fully saturated rings. The van der Waals surface area contributed by atoms with Gasteiger partial charge in [0, 0.05) is 12.2 Å². The molecule has 6 nitrogen and oxygen atoms in total. The number of aromatic nitrogens is 3. The number of benzene rings is 3. The molecule has 1 atom stereocenters. The molecule has 0 saturated carbocycles. The lowest BCUT2D eigenvalue weighted by molar-refractivity contribution is -0.120. The minimum Gasteiger partial charge on any atom is -0.483 e. The van der Waals surface area contributed by atoms with Crippen LogP contribution in [0.4, 0.5) is 4.39 Å². The number of nitrogens with zero attached hydrogens (tertiary/aromatic N) is 3. The molecule has 4 rings (SSSR count). The summed E-state index contributed by atoms with van der Waals surface area (Å²) in [6, 6.07) is 25.5. The van der Waals surface area contributed by atoms with Crippen LogP contribution < -0.4 is 10.1 Å². The Morgan fingerprint density at radius 3 is 2.39 bits per heavy atom. The Bertz CT molecular complexity index is 1200. The van der Waals surface area contributed by atoms with Crippen molar-refractivity contribution in [3.63, 3.8) is 0 Å². The van der Waals surface area contributed by atoms with Crippen LogP contribution in [-0.2, 0) is 17.9 Å². The molecule has 1 amide bonds. The van der Waals surface area contributed by atoms with Gasteiger partial charge < -0.3 is 10.1 Å². The molecule has 0 spiro atoms. The molecule has 3 aromatic carbocycles. The normalized spacial score (nSPS) is 11.7. The Labute approximate surface area is 195 Å². The third-order valence-corrected chi connectivity index (χ3v) is 5.91. The third kappa shape index (κ3) is 5.78. The van der Waals surface area contributed by atoms with Crippen LogP contribution in [0, 0.1) is 5.82 Å². The number of ether oxygens (including phenoxy) is 1. The van der Waals surface area contributed by atoms with Crippen molar-refractivity contribution in [2.45, 2.75) is 30.5 Å². The van der Waals surface area contributed by atoms with Gasteiger partial charge >= 0.3 is 0 Å². The van der Waals surface area contributed by atoms with Gasteiger partial charge in [-0.05, 0) is 36.8 Å². The minimum absolute atomic E-state index is 0.0258. The summed E-state index contributed by atoms with van der Waals surface area (Å²) in [5.41, 5.74) is 1.86. The number of carbonyl (C=O) groups excluding carboxylic acids is 1. The van der Waals surface area contributed by atoms with Crippen molar-refractivity contribution in [2.24, 2.45) is 0 Å².